The molecule has 0 rings (SSSR count). The fraction of sp³-hybridized carbons (Fsp3) is 0. The molecule has 3 heteroatoms. The third-order valence-corrected chi connectivity index (χ3v) is 0. The fourth-order valence-corrected chi connectivity index (χ4v) is 0. The minimum Gasteiger partial charge on any atom is -0.390 e. The second-order valence-electron chi connectivity index (χ2n) is 0.167. The molecule has 2 nitrogen and oxygen atoms in total. The van der Waals surface area contributed by atoms with Crippen molar-refractivity contribution in [2.24, 2.45) is 5.73 Å². The number of hydrogen-bond acceptors (Lipinski definition) is 1. The number of nitrogens with one attached hydrogen (secondary N) is 1. The summed E-state index contributed by atoms with van der Waals surface area (Å²) in [6.45, 7) is 0. The summed E-state index contributed by atoms with van der Waals surface area (Å²) in [6, 6.07) is 0. The van der Waals surface area contributed by atoms with Crippen LogP contribution in [0.4, 0.5) is 0 Å². The second kappa shape index (κ2) is 8.93. The molecule has 0 atom stereocenters. The Balaban J connectivity index is 0. The van der Waals surface area contributed by atoms with E-state index in [0.717, 1.165) is 6.34 Å². The van der Waals surface area contributed by atoms with Gasteiger partial charge in [-0.15, -0.1) is 0 Å². The molecule has 0 aromatic carbocycles. The van der Waals surface area contributed by atoms with E-state index in [1.807, 2.05) is 0 Å². The van der Waals surface area contributed by atoms with Gasteiger partial charge < -0.3 is 5.73 Å². The van der Waals surface area contributed by atoms with Gasteiger partial charge in [0.25, 0.3) is 0 Å². The van der Waals surface area contributed by atoms with E-state index in [9.17, 15) is 0 Å². The zero-order chi connectivity index (χ0) is 2.71. The summed E-state index contributed by atoms with van der Waals surface area (Å²) < 4.78 is 0. The molecule has 0 unspecified atom stereocenters. The average Bonchev–Trinajstić information content (AvgIpc) is 0.918. The predicted octanol–water partition coefficient (Wildman–Crippen LogP) is -0.829. The molecular weight excluding hydrogens is 79.1 g/mol. The summed E-state index contributed by atoms with van der Waals surface area (Å²) >= 11 is 0. The Labute approximate surface area is 67.7 Å². The van der Waals surface area contributed by atoms with Crippen molar-refractivity contribution in [1.82, 2.24) is 0 Å². The summed E-state index contributed by atoms with van der Waals surface area (Å²) in [7, 11) is 0. The Hall–Kier alpha value is 1.11. The summed E-state index contributed by atoms with van der Waals surface area (Å²) in [6.07, 6.45) is 0.750. The molecule has 0 spiro atoms. The van der Waals surface area contributed by atoms with Crippen molar-refractivity contribution >= 4 is 57.7 Å². The maximum Gasteiger partial charge on any atom is 0.0765 e. The molecule has 4 heavy (non-hydrogen) atoms. The van der Waals surface area contributed by atoms with Crippen LogP contribution in [-0.2, 0) is 0 Å². The number of nitrogens with two attached hydrogens (primary N) is 1. The minimum atomic E-state index is 0. The zero-order valence-electron chi connectivity index (χ0n) is 2.65. The van der Waals surface area contributed by atoms with Crippen LogP contribution in [0.1, 0.15) is 0 Å². The molecule has 0 bridgehead atoms. The van der Waals surface area contributed by atoms with E-state index in [-0.39, 0.29) is 51.4 Å². The first kappa shape index (κ1) is 8.92. The van der Waals surface area contributed by atoms with Crippen molar-refractivity contribution in [1.29, 1.82) is 5.41 Å². The third kappa shape index (κ3) is 11.3. The van der Waals surface area contributed by atoms with Crippen molar-refractivity contribution in [2.45, 2.75) is 0 Å². The summed E-state index contributed by atoms with van der Waals surface area (Å²) in [5.74, 6) is 0. The van der Waals surface area contributed by atoms with Crippen LogP contribution < -0.4 is 5.73 Å². The standard InChI is InChI=1S/CH4N2.K/c2-1-3;/h1H,(H3,2,3);. The molecule has 0 aliphatic rings. The van der Waals surface area contributed by atoms with Crippen molar-refractivity contribution < 1.29 is 0 Å². The molecule has 0 aromatic heterocycles. The maximum atomic E-state index is 5.86. The Kier molecular flexibility index (Phi) is 19.9. The molecule has 0 fully saturated rings. The average molecular weight is 83.2 g/mol. The largest absolute Gasteiger partial charge is 0.390 e. The summed E-state index contributed by atoms with van der Waals surface area (Å²) in [4.78, 5) is 0. The van der Waals surface area contributed by atoms with Crippen LogP contribution in [0.5, 0.6) is 0 Å². The van der Waals surface area contributed by atoms with Crippen LogP contribution in [0.2, 0.25) is 0 Å². The van der Waals surface area contributed by atoms with E-state index in [2.05, 4.69) is 5.73 Å². The maximum absolute atomic E-state index is 5.86. The molecule has 0 saturated heterocycles. The predicted molar refractivity (Wildman–Crippen MR) is 18.7 cm³/mol. The molecule has 0 aliphatic carbocycles. The van der Waals surface area contributed by atoms with Gasteiger partial charge in [0.1, 0.15) is 0 Å². The van der Waals surface area contributed by atoms with Crippen LogP contribution in [-0.4, -0.2) is 57.7 Å². The van der Waals surface area contributed by atoms with Gasteiger partial charge in [-0.25, -0.2) is 0 Å². The van der Waals surface area contributed by atoms with Crippen LogP contribution in [0.3, 0.4) is 0 Å². The Morgan fingerprint density at radius 2 is 1.75 bits per heavy atom. The third-order valence-electron chi connectivity index (χ3n) is 0. The van der Waals surface area contributed by atoms with E-state index in [4.69, 9.17) is 5.41 Å². The Morgan fingerprint density at radius 3 is 1.75 bits per heavy atom. The normalized spacial score (nSPS) is 3.00. The van der Waals surface area contributed by atoms with Gasteiger partial charge in [-0.05, 0) is 0 Å². The number of rotatable bonds is 0. The van der Waals surface area contributed by atoms with Crippen LogP contribution in [0.15, 0.2) is 0 Å². The number of hydrogen-bond donors (Lipinski definition) is 2. The first-order chi connectivity index (χ1) is 1.41. The molecular formula is CH4KN2. The van der Waals surface area contributed by atoms with Gasteiger partial charge in [-0.2, -0.15) is 0 Å². The van der Waals surface area contributed by atoms with Gasteiger partial charge in [0, 0.05) is 51.4 Å². The van der Waals surface area contributed by atoms with E-state index < -0.39 is 0 Å². The van der Waals surface area contributed by atoms with Crippen molar-refractivity contribution in [3.05, 3.63) is 0 Å². The van der Waals surface area contributed by atoms with E-state index in [1.54, 1.807) is 0 Å². The van der Waals surface area contributed by atoms with E-state index in [0.29, 0.717) is 0 Å². The van der Waals surface area contributed by atoms with Crippen LogP contribution in [0.25, 0.3) is 0 Å². The summed E-state index contributed by atoms with van der Waals surface area (Å²) in [5.41, 5.74) is 4.39. The molecule has 0 heterocycles. The van der Waals surface area contributed by atoms with Gasteiger partial charge in [0.2, 0.25) is 0 Å². The Morgan fingerprint density at radius 1 is 1.75 bits per heavy atom. The van der Waals surface area contributed by atoms with E-state index in [1.165, 1.54) is 0 Å². The monoisotopic (exact) mass is 83.0 g/mol. The molecule has 0 saturated carbocycles. The first-order valence-electron chi connectivity index (χ1n) is 0.622. The van der Waals surface area contributed by atoms with Gasteiger partial charge >= 0.3 is 0 Å². The summed E-state index contributed by atoms with van der Waals surface area (Å²) in [5, 5.41) is 5.86. The Bertz CT molecular complexity index is 13.5. The van der Waals surface area contributed by atoms with Gasteiger partial charge in [0.15, 0.2) is 0 Å². The first-order valence-corrected chi connectivity index (χ1v) is 0.622. The van der Waals surface area contributed by atoms with Gasteiger partial charge in [-0.1, -0.05) is 0 Å². The fourth-order valence-electron chi connectivity index (χ4n) is 0. The molecule has 0 amide bonds. The molecule has 3 N–H and O–H groups in total. The van der Waals surface area contributed by atoms with Crippen molar-refractivity contribution in [3.63, 3.8) is 0 Å². The second-order valence-corrected chi connectivity index (χ2v) is 0.167. The molecule has 19 valence electrons. The van der Waals surface area contributed by atoms with E-state index >= 15 is 0 Å². The van der Waals surface area contributed by atoms with Gasteiger partial charge in [-0.3, -0.25) is 5.41 Å². The zero-order valence-corrected chi connectivity index (χ0v) is 5.78. The quantitative estimate of drug-likeness (QED) is 0.224. The molecule has 0 aromatic rings. The van der Waals surface area contributed by atoms with Crippen LogP contribution in [0, 0.1) is 5.41 Å². The van der Waals surface area contributed by atoms with Gasteiger partial charge in [0.05, 0.1) is 6.34 Å². The SMILES string of the molecule is N=CN.[K]. The smallest absolute Gasteiger partial charge is 0.0765 e. The molecule has 1 radical (unpaired) electrons. The molecule has 0 aliphatic heterocycles. The van der Waals surface area contributed by atoms with Crippen LogP contribution >= 0.6 is 0 Å². The topological polar surface area (TPSA) is 49.9 Å². The van der Waals surface area contributed by atoms with Crippen molar-refractivity contribution in [3.8, 4) is 0 Å². The minimum absolute atomic E-state index is 0. The van der Waals surface area contributed by atoms with Crippen molar-refractivity contribution in [2.75, 3.05) is 0 Å².